The summed E-state index contributed by atoms with van der Waals surface area (Å²) in [5.74, 6) is -2.86. The molecule has 6 rings (SSSR count). The van der Waals surface area contributed by atoms with Crippen molar-refractivity contribution in [3.63, 3.8) is 0 Å². The number of ether oxygens (including phenoxy) is 5. The molecule has 10 heteroatoms. The number of carbonyl (C=O) groups excluding carboxylic acids is 4. The molecule has 37 heavy (non-hydrogen) atoms. The molecule has 0 unspecified atom stereocenters. The van der Waals surface area contributed by atoms with Gasteiger partial charge in [0.15, 0.2) is 5.60 Å². The third kappa shape index (κ3) is 1.94. The van der Waals surface area contributed by atoms with Gasteiger partial charge in [-0.05, 0) is 38.8 Å². The maximum absolute atomic E-state index is 14.0. The molecule has 3 bridgehead atoms. The molecule has 198 valence electrons. The van der Waals surface area contributed by atoms with Gasteiger partial charge in [0.1, 0.15) is 34.9 Å². The lowest BCUT2D eigenvalue weighted by Gasteiger charge is -2.69. The fourth-order valence-electron chi connectivity index (χ4n) is 8.75. The monoisotopic (exact) mass is 514 g/mol. The highest BCUT2D eigenvalue weighted by Crippen LogP contribution is 2.84. The quantitative estimate of drug-likeness (QED) is 0.311. The van der Waals surface area contributed by atoms with E-state index in [0.29, 0.717) is 0 Å². The Morgan fingerprint density at radius 1 is 1.05 bits per heavy atom. The zero-order chi connectivity index (χ0) is 27.4. The van der Waals surface area contributed by atoms with Gasteiger partial charge in [-0.25, -0.2) is 9.59 Å². The number of rotatable bonds is 1. The van der Waals surface area contributed by atoms with Crippen LogP contribution in [0.2, 0.25) is 0 Å². The summed E-state index contributed by atoms with van der Waals surface area (Å²) in [7, 11) is 0. The molecule has 2 spiro atoms. The summed E-state index contributed by atoms with van der Waals surface area (Å²) in [4.78, 5) is 52.7. The molecule has 4 heterocycles. The van der Waals surface area contributed by atoms with E-state index in [1.165, 1.54) is 26.8 Å². The van der Waals surface area contributed by atoms with E-state index in [-0.39, 0.29) is 17.6 Å². The van der Waals surface area contributed by atoms with Crippen molar-refractivity contribution in [1.82, 2.24) is 0 Å². The molecule has 0 radical (unpaired) electrons. The minimum absolute atomic E-state index is 0.0229. The minimum Gasteiger partial charge on any atom is -0.462 e. The third-order valence-electron chi connectivity index (χ3n) is 10.5. The predicted molar refractivity (Wildman–Crippen MR) is 123 cm³/mol. The van der Waals surface area contributed by atoms with Gasteiger partial charge in [0.25, 0.3) is 0 Å². The van der Waals surface area contributed by atoms with Crippen LogP contribution in [0.5, 0.6) is 0 Å². The first-order chi connectivity index (χ1) is 17.0. The van der Waals surface area contributed by atoms with E-state index >= 15 is 0 Å². The molecule has 6 aliphatic rings. The fourth-order valence-corrected chi connectivity index (χ4v) is 8.75. The molecule has 0 aromatic rings. The van der Waals surface area contributed by atoms with Gasteiger partial charge in [0, 0.05) is 19.4 Å². The summed E-state index contributed by atoms with van der Waals surface area (Å²) in [6, 6.07) is 0. The van der Waals surface area contributed by atoms with Crippen LogP contribution in [0, 0.1) is 16.2 Å². The molecule has 5 fully saturated rings. The fraction of sp³-hybridized carbons (Fsp3) is 0.630. The summed E-state index contributed by atoms with van der Waals surface area (Å²) in [5, 5.41) is 12.2. The van der Waals surface area contributed by atoms with Crippen LogP contribution < -0.4 is 0 Å². The highest BCUT2D eigenvalue weighted by Gasteiger charge is 3.00. The molecule has 1 N–H and O–H groups in total. The molecule has 0 amide bonds. The zero-order valence-electron chi connectivity index (χ0n) is 21.6. The maximum Gasteiger partial charge on any atom is 0.344 e. The van der Waals surface area contributed by atoms with Gasteiger partial charge < -0.3 is 28.8 Å². The second-order valence-corrected chi connectivity index (χ2v) is 12.0. The van der Waals surface area contributed by atoms with E-state index < -0.39 is 80.8 Å². The summed E-state index contributed by atoms with van der Waals surface area (Å²) in [5.41, 5.74) is -11.2. The highest BCUT2D eigenvalue weighted by molar-refractivity contribution is 6.03. The number of aliphatic hydroxyl groups is 1. The topological polar surface area (TPSA) is 135 Å². The number of esters is 4. The van der Waals surface area contributed by atoms with Crippen molar-refractivity contribution in [3.05, 3.63) is 36.5 Å². The average Bonchev–Trinajstić information content (AvgIpc) is 3.11. The van der Waals surface area contributed by atoms with Gasteiger partial charge in [-0.15, -0.1) is 0 Å². The first-order valence-corrected chi connectivity index (χ1v) is 12.3. The van der Waals surface area contributed by atoms with Gasteiger partial charge in [0.2, 0.25) is 5.60 Å². The van der Waals surface area contributed by atoms with Crippen molar-refractivity contribution in [1.29, 1.82) is 0 Å². The Morgan fingerprint density at radius 2 is 1.70 bits per heavy atom. The average molecular weight is 515 g/mol. The largest absolute Gasteiger partial charge is 0.462 e. The van der Waals surface area contributed by atoms with E-state index in [1.807, 2.05) is 0 Å². The molecule has 3 saturated heterocycles. The lowest BCUT2D eigenvalue weighted by molar-refractivity contribution is -0.260. The molecule has 4 aliphatic heterocycles. The number of hydrogen-bond acceptors (Lipinski definition) is 10. The molecular formula is C27H30O10. The predicted octanol–water partition coefficient (Wildman–Crippen LogP) is 1.45. The van der Waals surface area contributed by atoms with Gasteiger partial charge in [0.05, 0.1) is 10.8 Å². The lowest BCUT2D eigenvalue weighted by Crippen LogP contribution is -2.82. The lowest BCUT2D eigenvalue weighted by atomic mass is 9.35. The van der Waals surface area contributed by atoms with Gasteiger partial charge in [-0.2, -0.15) is 0 Å². The maximum atomic E-state index is 14.0. The summed E-state index contributed by atoms with van der Waals surface area (Å²) >= 11 is 0. The highest BCUT2D eigenvalue weighted by atomic mass is 16.7. The molecule has 9 atom stereocenters. The number of aliphatic hydroxyl groups excluding tert-OH is 1. The number of hydrogen-bond donors (Lipinski definition) is 1. The van der Waals surface area contributed by atoms with E-state index in [1.54, 1.807) is 26.8 Å². The Hall–Kier alpha value is -2.98. The van der Waals surface area contributed by atoms with E-state index in [9.17, 15) is 24.3 Å². The van der Waals surface area contributed by atoms with Crippen molar-refractivity contribution >= 4 is 23.9 Å². The van der Waals surface area contributed by atoms with Crippen molar-refractivity contribution in [3.8, 4) is 0 Å². The van der Waals surface area contributed by atoms with Crippen molar-refractivity contribution in [2.45, 2.75) is 88.7 Å². The first kappa shape index (κ1) is 24.4. The summed E-state index contributed by atoms with van der Waals surface area (Å²) in [6.07, 6.45) is -0.951. The van der Waals surface area contributed by atoms with Gasteiger partial charge in [-0.3, -0.25) is 9.59 Å². The van der Waals surface area contributed by atoms with Crippen LogP contribution in [-0.2, 0) is 42.9 Å². The number of fused-ring (bicyclic) bond motifs is 1. The Labute approximate surface area is 213 Å². The van der Waals surface area contributed by atoms with Crippen molar-refractivity contribution in [2.24, 2.45) is 16.2 Å². The van der Waals surface area contributed by atoms with Crippen LogP contribution in [0.4, 0.5) is 0 Å². The van der Waals surface area contributed by atoms with Crippen LogP contribution >= 0.6 is 0 Å². The minimum atomic E-state index is -2.03. The normalized spacial score (nSPS) is 52.4. The molecule has 2 saturated carbocycles. The van der Waals surface area contributed by atoms with Gasteiger partial charge >= 0.3 is 23.9 Å². The van der Waals surface area contributed by atoms with Crippen LogP contribution in [0.1, 0.15) is 48.0 Å². The van der Waals surface area contributed by atoms with Crippen LogP contribution in [-0.4, -0.2) is 69.7 Å². The second-order valence-electron chi connectivity index (χ2n) is 12.0. The van der Waals surface area contributed by atoms with Crippen molar-refractivity contribution < 1.29 is 48.0 Å². The van der Waals surface area contributed by atoms with Crippen LogP contribution in [0.15, 0.2) is 36.5 Å². The SMILES string of the molecule is C=C1[C@@]23C(=O)O[C@H](C)[C@]24O[C@@]2(C(=C)[C@]5(C=CC(=O)OC5(C)C)C[C@@H](OC(C)=O)[C@]32C)[C@H](O)[C@@]1(C)OC4=O. The summed E-state index contributed by atoms with van der Waals surface area (Å²) < 4.78 is 30.0. The Balaban J connectivity index is 1.77. The number of carbonyl (C=O) groups is 4. The Kier molecular flexibility index (Phi) is 4.07. The van der Waals surface area contributed by atoms with Crippen molar-refractivity contribution in [2.75, 3.05) is 0 Å². The molecule has 2 aliphatic carbocycles. The van der Waals surface area contributed by atoms with Crippen LogP contribution in [0.25, 0.3) is 0 Å². The summed E-state index contributed by atoms with van der Waals surface area (Å²) in [6.45, 7) is 17.9. The Morgan fingerprint density at radius 3 is 2.30 bits per heavy atom. The number of cyclic esters (lactones) is 2. The zero-order valence-corrected chi connectivity index (χ0v) is 21.6. The van der Waals surface area contributed by atoms with Crippen LogP contribution in [0.3, 0.4) is 0 Å². The van der Waals surface area contributed by atoms with E-state index in [0.717, 1.165) is 0 Å². The van der Waals surface area contributed by atoms with Gasteiger partial charge in [-0.1, -0.05) is 26.2 Å². The molecular weight excluding hydrogens is 484 g/mol. The molecule has 10 nitrogen and oxygen atoms in total. The third-order valence-corrected chi connectivity index (χ3v) is 10.5. The first-order valence-electron chi connectivity index (χ1n) is 12.3. The van der Waals surface area contributed by atoms with E-state index in [4.69, 9.17) is 23.7 Å². The molecule has 0 aromatic carbocycles. The molecule has 0 aromatic heterocycles. The standard InChI is InChI=1S/C27H30O10/c1-12-22(7)18(30)26-13(2)24(10-9-17(29)35-21(24,5)6)11-16(34-15(4)28)23(26,8)25(12)19(31)33-14(3)27(25,37-26)20(32)36-22/h9-10,14,16,18,30H,1-2,11H2,3-8H3/t14-,16-,18-,22+,23-,24+,25+,26+,27-/m1/s1. The second kappa shape index (κ2) is 6.18. The Bertz CT molecular complexity index is 1300. The van der Waals surface area contributed by atoms with E-state index in [2.05, 4.69) is 13.2 Å². The smallest absolute Gasteiger partial charge is 0.344 e.